The highest BCUT2D eigenvalue weighted by Gasteiger charge is 2.44. The van der Waals surface area contributed by atoms with Crippen molar-refractivity contribution in [2.45, 2.75) is 50.5 Å². The normalized spacial score (nSPS) is 23.8. The number of halogens is 1. The lowest BCUT2D eigenvalue weighted by Crippen LogP contribution is -2.54. The van der Waals surface area contributed by atoms with E-state index in [1.807, 2.05) is 41.4 Å². The molecule has 4 atom stereocenters. The van der Waals surface area contributed by atoms with E-state index in [4.69, 9.17) is 0 Å². The zero-order valence-corrected chi connectivity index (χ0v) is 18.5. The molecule has 2 aromatic carbocycles. The van der Waals surface area contributed by atoms with Gasteiger partial charge in [-0.2, -0.15) is 0 Å². The van der Waals surface area contributed by atoms with Crippen LogP contribution in [0.2, 0.25) is 0 Å². The number of nitrogens with zero attached hydrogens (tertiary/aromatic N) is 1. The summed E-state index contributed by atoms with van der Waals surface area (Å²) in [6.07, 6.45) is 6.53. The van der Waals surface area contributed by atoms with E-state index < -0.39 is 5.97 Å². The lowest BCUT2D eigenvalue weighted by molar-refractivity contribution is -0.153. The molecule has 2 fully saturated rings. The molecule has 3 aromatic rings. The lowest BCUT2D eigenvalue weighted by Gasteiger charge is -2.47. The second-order valence-corrected chi connectivity index (χ2v) is 9.44. The van der Waals surface area contributed by atoms with Gasteiger partial charge in [-0.1, -0.05) is 43.2 Å². The molecule has 4 unspecified atom stereocenters. The largest absolute Gasteiger partial charge is 0.481 e. The van der Waals surface area contributed by atoms with Crippen molar-refractivity contribution in [2.24, 2.45) is 11.8 Å². The summed E-state index contributed by atoms with van der Waals surface area (Å²) in [5.41, 5.74) is 2.73. The van der Waals surface area contributed by atoms with Crippen LogP contribution in [0.1, 0.15) is 55.6 Å². The second kappa shape index (κ2) is 9.00. The van der Waals surface area contributed by atoms with E-state index in [1.165, 1.54) is 12.1 Å². The Morgan fingerprint density at radius 3 is 2.67 bits per heavy atom. The Hall–Kier alpha value is -3.15. The maximum absolute atomic E-state index is 13.7. The van der Waals surface area contributed by atoms with Gasteiger partial charge in [0.05, 0.1) is 5.92 Å². The molecule has 1 amide bonds. The molecule has 2 heterocycles. The fourth-order valence-electron chi connectivity index (χ4n) is 6.06. The molecule has 1 saturated carbocycles. The van der Waals surface area contributed by atoms with E-state index in [1.54, 1.807) is 6.07 Å². The van der Waals surface area contributed by atoms with E-state index >= 15 is 0 Å². The van der Waals surface area contributed by atoms with Gasteiger partial charge >= 0.3 is 5.97 Å². The van der Waals surface area contributed by atoms with Gasteiger partial charge in [0.1, 0.15) is 5.82 Å². The minimum atomic E-state index is -0.729. The minimum absolute atomic E-state index is 0.00888. The standard InChI is InChI=1S/C27H29FN2O3/c28-18-10-11-19-23(16-29-24(19)14-18)22(17-6-2-1-3-7-17)15-26(31)30-13-12-21(27(32)33)20-8-4-5-9-25(20)30/h1-3,6-7,10-11,14,16,20-22,25,29H,4-5,8-9,12-13,15H2,(H,32,33). The van der Waals surface area contributed by atoms with Gasteiger partial charge in [-0.3, -0.25) is 9.59 Å². The molecule has 6 heteroatoms. The van der Waals surface area contributed by atoms with Crippen LogP contribution < -0.4 is 0 Å². The Balaban J connectivity index is 1.46. The number of amides is 1. The molecule has 1 aliphatic carbocycles. The molecular formula is C27H29FN2O3. The molecule has 5 nitrogen and oxygen atoms in total. The van der Waals surface area contributed by atoms with Gasteiger partial charge in [0.15, 0.2) is 0 Å². The molecule has 1 aliphatic heterocycles. The van der Waals surface area contributed by atoms with Crippen LogP contribution in [0.25, 0.3) is 10.9 Å². The Morgan fingerprint density at radius 1 is 1.09 bits per heavy atom. The zero-order chi connectivity index (χ0) is 22.9. The quantitative estimate of drug-likeness (QED) is 0.555. The zero-order valence-electron chi connectivity index (χ0n) is 18.5. The average Bonchev–Trinajstić information content (AvgIpc) is 3.24. The Bertz CT molecular complexity index is 1160. The SMILES string of the molecule is O=C(O)C1CCN(C(=O)CC(c2ccccc2)c2c[nH]c3cc(F)ccc23)C2CCCCC12. The van der Waals surface area contributed by atoms with Gasteiger partial charge in [-0.25, -0.2) is 4.39 Å². The number of aliphatic carboxylic acids is 1. The summed E-state index contributed by atoms with van der Waals surface area (Å²) in [7, 11) is 0. The topological polar surface area (TPSA) is 73.4 Å². The summed E-state index contributed by atoms with van der Waals surface area (Å²) in [5, 5.41) is 10.6. The number of aromatic amines is 1. The summed E-state index contributed by atoms with van der Waals surface area (Å²) >= 11 is 0. The van der Waals surface area contributed by atoms with E-state index in [0.717, 1.165) is 42.2 Å². The highest BCUT2D eigenvalue weighted by molar-refractivity contribution is 5.86. The number of carbonyl (C=O) groups is 2. The first-order valence-corrected chi connectivity index (χ1v) is 11.9. The smallest absolute Gasteiger partial charge is 0.306 e. The minimum Gasteiger partial charge on any atom is -0.481 e. The van der Waals surface area contributed by atoms with Crippen molar-refractivity contribution in [3.63, 3.8) is 0 Å². The van der Waals surface area contributed by atoms with Crippen LogP contribution in [0.5, 0.6) is 0 Å². The van der Waals surface area contributed by atoms with Crippen LogP contribution in [-0.4, -0.2) is 39.5 Å². The molecule has 5 rings (SSSR count). The predicted molar refractivity (Wildman–Crippen MR) is 124 cm³/mol. The Labute approximate surface area is 192 Å². The summed E-state index contributed by atoms with van der Waals surface area (Å²) < 4.78 is 13.7. The van der Waals surface area contributed by atoms with Gasteiger partial charge in [0.25, 0.3) is 0 Å². The van der Waals surface area contributed by atoms with Gasteiger partial charge in [-0.05, 0) is 54.5 Å². The number of likely N-dealkylation sites (tertiary alicyclic amines) is 1. The van der Waals surface area contributed by atoms with Gasteiger partial charge in [-0.15, -0.1) is 0 Å². The number of carbonyl (C=O) groups excluding carboxylic acids is 1. The summed E-state index contributed by atoms with van der Waals surface area (Å²) in [6.45, 7) is 0.498. The number of benzene rings is 2. The number of nitrogens with one attached hydrogen (secondary N) is 1. The van der Waals surface area contributed by atoms with Gasteiger partial charge in [0.2, 0.25) is 5.91 Å². The Morgan fingerprint density at radius 2 is 1.88 bits per heavy atom. The molecule has 1 saturated heterocycles. The number of piperidine rings is 1. The van der Waals surface area contributed by atoms with Gasteiger partial charge in [0, 0.05) is 42.0 Å². The van der Waals surface area contributed by atoms with Gasteiger partial charge < -0.3 is 15.0 Å². The average molecular weight is 449 g/mol. The van der Waals surface area contributed by atoms with Crippen LogP contribution in [0.4, 0.5) is 4.39 Å². The van der Waals surface area contributed by atoms with Crippen LogP contribution in [0.3, 0.4) is 0 Å². The molecule has 1 aromatic heterocycles. The lowest BCUT2D eigenvalue weighted by atomic mass is 9.71. The predicted octanol–water partition coefficient (Wildman–Crippen LogP) is 5.32. The third kappa shape index (κ3) is 4.14. The second-order valence-electron chi connectivity index (χ2n) is 9.44. The highest BCUT2D eigenvalue weighted by Crippen LogP contribution is 2.41. The number of hydrogen-bond acceptors (Lipinski definition) is 2. The summed E-state index contributed by atoms with van der Waals surface area (Å²) in [5.74, 6) is -1.44. The summed E-state index contributed by atoms with van der Waals surface area (Å²) in [6, 6.07) is 14.7. The van der Waals surface area contributed by atoms with Crippen LogP contribution in [0, 0.1) is 17.7 Å². The molecule has 33 heavy (non-hydrogen) atoms. The maximum Gasteiger partial charge on any atom is 0.306 e. The van der Waals surface area contributed by atoms with E-state index in [0.29, 0.717) is 24.9 Å². The molecular weight excluding hydrogens is 419 g/mol. The number of H-pyrrole nitrogens is 1. The van der Waals surface area contributed by atoms with Crippen molar-refractivity contribution >= 4 is 22.8 Å². The van der Waals surface area contributed by atoms with Crippen molar-refractivity contribution in [2.75, 3.05) is 6.54 Å². The van der Waals surface area contributed by atoms with Crippen molar-refractivity contribution in [1.29, 1.82) is 0 Å². The highest BCUT2D eigenvalue weighted by atomic mass is 19.1. The molecule has 2 N–H and O–H groups in total. The Kier molecular flexibility index (Phi) is 5.92. The summed E-state index contributed by atoms with van der Waals surface area (Å²) in [4.78, 5) is 30.7. The van der Waals surface area contributed by atoms with Crippen LogP contribution in [0.15, 0.2) is 54.7 Å². The van der Waals surface area contributed by atoms with Crippen molar-refractivity contribution in [3.8, 4) is 0 Å². The first-order chi connectivity index (χ1) is 16.0. The van der Waals surface area contributed by atoms with E-state index in [-0.39, 0.29) is 35.5 Å². The fraction of sp³-hybridized carbons (Fsp3) is 0.407. The number of aromatic nitrogens is 1. The first kappa shape index (κ1) is 21.7. The third-order valence-electron chi connectivity index (χ3n) is 7.65. The first-order valence-electron chi connectivity index (χ1n) is 11.9. The molecule has 0 spiro atoms. The van der Waals surface area contributed by atoms with E-state index in [2.05, 4.69) is 4.98 Å². The number of carboxylic acids is 1. The van der Waals surface area contributed by atoms with Crippen LogP contribution >= 0.6 is 0 Å². The molecule has 0 bridgehead atoms. The molecule has 172 valence electrons. The van der Waals surface area contributed by atoms with Crippen LogP contribution in [-0.2, 0) is 9.59 Å². The molecule has 0 radical (unpaired) electrons. The maximum atomic E-state index is 13.7. The fourth-order valence-corrected chi connectivity index (χ4v) is 6.06. The third-order valence-corrected chi connectivity index (χ3v) is 7.65. The van der Waals surface area contributed by atoms with Crippen molar-refractivity contribution in [1.82, 2.24) is 9.88 Å². The number of hydrogen-bond donors (Lipinski definition) is 2. The van der Waals surface area contributed by atoms with Crippen molar-refractivity contribution < 1.29 is 19.1 Å². The number of carboxylic acid groups (broad SMARTS) is 1. The molecule has 2 aliphatic rings. The van der Waals surface area contributed by atoms with Crippen molar-refractivity contribution in [3.05, 3.63) is 71.7 Å². The van der Waals surface area contributed by atoms with E-state index in [9.17, 15) is 19.1 Å². The number of rotatable bonds is 5. The monoisotopic (exact) mass is 448 g/mol. The number of fused-ring (bicyclic) bond motifs is 2.